The van der Waals surface area contributed by atoms with Gasteiger partial charge in [0.15, 0.2) is 0 Å². The molecule has 0 heterocycles. The van der Waals surface area contributed by atoms with Gasteiger partial charge in [-0.2, -0.15) is 0 Å². The first-order chi connectivity index (χ1) is 22.6. The summed E-state index contributed by atoms with van der Waals surface area (Å²) < 4.78 is 63.9. The second kappa shape index (κ2) is 13.5. The van der Waals surface area contributed by atoms with E-state index >= 15 is 17.6 Å². The molecule has 2 N–H and O–H groups in total. The molecule has 0 aromatic heterocycles. The van der Waals surface area contributed by atoms with Crippen molar-refractivity contribution in [3.63, 3.8) is 0 Å². The van der Waals surface area contributed by atoms with Gasteiger partial charge >= 0.3 is 283 Å². The predicted molar refractivity (Wildman–Crippen MR) is 175 cm³/mol. The minimum atomic E-state index is -5.18. The summed E-state index contributed by atoms with van der Waals surface area (Å²) in [5, 5.41) is 5.75. The van der Waals surface area contributed by atoms with Crippen LogP contribution in [0.2, 0.25) is 18.5 Å². The fourth-order valence-electron chi connectivity index (χ4n) is 6.13. The standard InChI is InChI=1S/2C13H7ClF2NO.2C5H5.Ti/c2*14-9-3-1-8(2-4-9)13(18)17-12-6-5-10(15)7-11(12)16;2*1-2-4-5-3-1;/h2*1-6H,(H,17,18);2*1-5H;. The molecule has 4 aromatic carbocycles. The van der Waals surface area contributed by atoms with E-state index in [1.807, 2.05) is 0 Å². The molecule has 4 aromatic rings. The van der Waals surface area contributed by atoms with Crippen molar-refractivity contribution in [2.24, 2.45) is 0 Å². The van der Waals surface area contributed by atoms with Gasteiger partial charge in [0.25, 0.3) is 0 Å². The topological polar surface area (TPSA) is 58.2 Å². The van der Waals surface area contributed by atoms with Crippen LogP contribution >= 0.6 is 23.2 Å². The summed E-state index contributed by atoms with van der Waals surface area (Å²) in [5.41, 5.74) is -0.392. The molecule has 0 unspecified atom stereocenters. The van der Waals surface area contributed by atoms with E-state index < -0.39 is 67.9 Å². The number of carbonyl (C=O) groups excluding carboxylic acids is 2. The summed E-state index contributed by atoms with van der Waals surface area (Å²) in [7, 11) is 0. The van der Waals surface area contributed by atoms with Crippen LogP contribution in [0.15, 0.2) is 121 Å². The molecule has 0 bridgehead atoms. The number of benzene rings is 4. The summed E-state index contributed by atoms with van der Waals surface area (Å²) in [6, 6.07) is 15.9. The first-order valence-electron chi connectivity index (χ1n) is 14.4. The van der Waals surface area contributed by atoms with Crippen LogP contribution in [0.25, 0.3) is 0 Å². The predicted octanol–water partition coefficient (Wildman–Crippen LogP) is 8.99. The minimum absolute atomic E-state index is 0.164. The maximum atomic E-state index is 16.9. The van der Waals surface area contributed by atoms with Gasteiger partial charge in [0, 0.05) is 0 Å². The Morgan fingerprint density at radius 2 is 0.872 bits per heavy atom. The first kappa shape index (κ1) is 32.7. The Bertz CT molecular complexity index is 1840. The molecule has 2 aliphatic rings. The monoisotopic (exact) mass is 710 g/mol. The number of allylic oxidation sites excluding steroid dienone is 8. The van der Waals surface area contributed by atoms with Gasteiger partial charge in [-0.25, -0.2) is 0 Å². The third-order valence-corrected chi connectivity index (χ3v) is 17.3. The van der Waals surface area contributed by atoms with Crippen molar-refractivity contribution >= 4 is 54.1 Å². The van der Waals surface area contributed by atoms with Gasteiger partial charge in [0.1, 0.15) is 0 Å². The Balaban J connectivity index is 1.55. The number of hydrogen-bond donors (Lipinski definition) is 2. The van der Waals surface area contributed by atoms with Gasteiger partial charge in [-0.15, -0.1) is 0 Å². The summed E-state index contributed by atoms with van der Waals surface area (Å²) >= 11 is 6.69. The Kier molecular flexibility index (Phi) is 9.40. The Morgan fingerprint density at radius 1 is 0.532 bits per heavy atom. The SMILES string of the molecule is O=C(Nc1ccc(F)[c]([Ti]([c]2c(F)ccc(NC(=O)c3ccc(Cl)cc3)c2F)([CH]2C=CC=C2)[CH]2C=CC=C2)c1F)c1ccc(Cl)cc1. The van der Waals surface area contributed by atoms with Crippen LogP contribution in [-0.4, -0.2) is 11.8 Å². The molecule has 236 valence electrons. The van der Waals surface area contributed by atoms with E-state index in [1.54, 1.807) is 48.6 Å². The third kappa shape index (κ3) is 6.14. The van der Waals surface area contributed by atoms with Gasteiger partial charge in [-0.1, -0.05) is 0 Å². The van der Waals surface area contributed by atoms with Gasteiger partial charge in [0.05, 0.1) is 0 Å². The number of anilines is 2. The molecule has 2 aliphatic carbocycles. The van der Waals surface area contributed by atoms with E-state index in [0.717, 1.165) is 24.3 Å². The molecule has 0 radical (unpaired) electrons. The zero-order chi connectivity index (χ0) is 33.3. The number of amides is 2. The van der Waals surface area contributed by atoms with Crippen LogP contribution in [-0.2, 0) is 16.6 Å². The average Bonchev–Trinajstić information content (AvgIpc) is 3.80. The van der Waals surface area contributed by atoms with Gasteiger partial charge < -0.3 is 0 Å². The number of hydrogen-bond acceptors (Lipinski definition) is 2. The Hall–Kier alpha value is -4.21. The summed E-state index contributed by atoms with van der Waals surface area (Å²) in [6.45, 7) is 0. The Morgan fingerprint density at radius 3 is 1.21 bits per heavy atom. The fraction of sp³-hybridized carbons (Fsp3) is 0.0556. The van der Waals surface area contributed by atoms with Gasteiger partial charge in [-0.05, 0) is 0 Å². The van der Waals surface area contributed by atoms with Crippen molar-refractivity contribution in [1.82, 2.24) is 0 Å². The molecule has 11 heteroatoms. The molecule has 0 saturated carbocycles. The number of rotatable bonds is 8. The van der Waals surface area contributed by atoms with Crippen molar-refractivity contribution in [3.8, 4) is 0 Å². The quantitative estimate of drug-likeness (QED) is 0.142. The summed E-state index contributed by atoms with van der Waals surface area (Å²) in [4.78, 5) is 26.2. The summed E-state index contributed by atoms with van der Waals surface area (Å²) in [6.07, 6.45) is 13.4. The molecule has 2 amide bonds. The molecule has 6 rings (SSSR count). The van der Waals surface area contributed by atoms with E-state index in [4.69, 9.17) is 23.2 Å². The van der Waals surface area contributed by atoms with E-state index in [0.29, 0.717) is 10.0 Å². The van der Waals surface area contributed by atoms with Crippen LogP contribution in [0.3, 0.4) is 0 Å². The molecule has 0 saturated heterocycles. The van der Waals surface area contributed by atoms with E-state index in [-0.39, 0.29) is 22.5 Å². The van der Waals surface area contributed by atoms with Crippen molar-refractivity contribution in [2.75, 3.05) is 10.6 Å². The molecule has 4 nitrogen and oxygen atoms in total. The Labute approximate surface area is 281 Å². The van der Waals surface area contributed by atoms with Crippen molar-refractivity contribution in [2.45, 2.75) is 8.45 Å². The zero-order valence-electron chi connectivity index (χ0n) is 24.3. The first-order valence-corrected chi connectivity index (χ1v) is 18.5. The van der Waals surface area contributed by atoms with Crippen LogP contribution < -0.4 is 18.4 Å². The average molecular weight is 711 g/mol. The molecular weight excluding hydrogens is 687 g/mol. The molecule has 0 fully saturated rings. The van der Waals surface area contributed by atoms with Crippen LogP contribution in [0.4, 0.5) is 28.9 Å². The van der Waals surface area contributed by atoms with E-state index in [9.17, 15) is 9.59 Å². The molecule has 0 aliphatic heterocycles. The zero-order valence-corrected chi connectivity index (χ0v) is 27.4. The van der Waals surface area contributed by atoms with Crippen LogP contribution in [0.1, 0.15) is 20.7 Å². The number of halogens is 6. The van der Waals surface area contributed by atoms with Crippen molar-refractivity contribution < 1.29 is 43.7 Å². The third-order valence-electron chi connectivity index (χ3n) is 8.27. The van der Waals surface area contributed by atoms with Crippen LogP contribution in [0.5, 0.6) is 0 Å². The maximum absolute atomic E-state index is 16.9. The normalized spacial score (nSPS) is 14.3. The molecule has 0 spiro atoms. The number of nitrogens with one attached hydrogen (secondary N) is 2. The van der Waals surface area contributed by atoms with Crippen LogP contribution in [0, 0.1) is 23.3 Å². The molecule has 47 heavy (non-hydrogen) atoms. The summed E-state index contributed by atoms with van der Waals surface area (Å²) in [5.74, 6) is -5.68. The van der Waals surface area contributed by atoms with Crippen molar-refractivity contribution in [3.05, 3.63) is 166 Å². The van der Waals surface area contributed by atoms with E-state index in [2.05, 4.69) is 10.6 Å². The number of carbonyl (C=O) groups is 2. The van der Waals surface area contributed by atoms with E-state index in [1.165, 1.54) is 48.5 Å². The van der Waals surface area contributed by atoms with Gasteiger partial charge in [-0.3, -0.25) is 0 Å². The molecule has 0 atom stereocenters. The second-order valence-electron chi connectivity index (χ2n) is 11.0. The fourth-order valence-corrected chi connectivity index (χ4v) is 15.2. The van der Waals surface area contributed by atoms with Crippen molar-refractivity contribution in [1.29, 1.82) is 0 Å². The van der Waals surface area contributed by atoms with Gasteiger partial charge in [0.2, 0.25) is 0 Å². The molecular formula is C36H24Cl2F4N2O2Ti. The second-order valence-corrected chi connectivity index (χ2v) is 18.2.